The van der Waals surface area contributed by atoms with Crippen LogP contribution in [0.5, 0.6) is 0 Å². The van der Waals surface area contributed by atoms with Crippen molar-refractivity contribution < 1.29 is 38.1 Å². The lowest BCUT2D eigenvalue weighted by Gasteiger charge is -2.29. The van der Waals surface area contributed by atoms with Crippen molar-refractivity contribution in [1.82, 2.24) is 24.8 Å². The number of aliphatic hydroxyl groups is 1. The lowest BCUT2D eigenvalue weighted by molar-refractivity contribution is 0.0328. The molecule has 0 saturated carbocycles. The summed E-state index contributed by atoms with van der Waals surface area (Å²) >= 11 is 0. The summed E-state index contributed by atoms with van der Waals surface area (Å²) in [6, 6.07) is 0.390. The second-order valence-corrected chi connectivity index (χ2v) is 13.3. The average molecular weight is 629 g/mol. The minimum absolute atomic E-state index is 0.115. The Bertz CT molecular complexity index is 1580. The number of carbonyl (C=O) groups excluding carboxylic acids is 3. The molecule has 0 aliphatic carbocycles. The number of benzene rings is 1. The number of imide groups is 2. The summed E-state index contributed by atoms with van der Waals surface area (Å²) in [6.45, 7) is 14.7. The van der Waals surface area contributed by atoms with Gasteiger partial charge in [0.15, 0.2) is 5.82 Å². The summed E-state index contributed by atoms with van der Waals surface area (Å²) in [7, 11) is 0. The van der Waals surface area contributed by atoms with Gasteiger partial charge in [0, 0.05) is 42.2 Å². The van der Waals surface area contributed by atoms with Gasteiger partial charge in [0.2, 0.25) is 5.95 Å². The molecule has 4 amide bonds. The summed E-state index contributed by atoms with van der Waals surface area (Å²) in [6.07, 6.45) is 1.28. The second-order valence-electron chi connectivity index (χ2n) is 13.3. The number of aromatic nitrogens is 4. The Morgan fingerprint density at radius 1 is 1.04 bits per heavy atom. The minimum Gasteiger partial charge on any atom is -0.443 e. The standard InChI is InChI=1S/C31H41FN6O7/c1-10-37(27(40)44-29(2,3)4)26(39)38(28(41)45-30(5,6)7)25-35-19-14-18(17-15-33-24(34-16-17)31(8,9)42)22(32)21(23(19)36-25)20-12-11-13-43-20/h14-16,20,42H,10-13H2,1-9H3,(H,35,36)/t20-/m1/s1. The molecule has 244 valence electrons. The Morgan fingerprint density at radius 2 is 1.64 bits per heavy atom. The molecule has 3 heterocycles. The topological polar surface area (TPSA) is 160 Å². The molecule has 0 radical (unpaired) electrons. The number of hydrogen-bond acceptors (Lipinski definition) is 10. The number of halogens is 1. The van der Waals surface area contributed by atoms with Crippen LogP contribution in [0, 0.1) is 5.82 Å². The molecule has 0 spiro atoms. The Labute approximate surface area is 261 Å². The molecular weight excluding hydrogens is 587 g/mol. The minimum atomic E-state index is -1.30. The molecule has 1 atom stereocenters. The third-order valence-electron chi connectivity index (χ3n) is 6.64. The molecule has 4 rings (SSSR count). The predicted octanol–water partition coefficient (Wildman–Crippen LogP) is 6.36. The number of ether oxygens (including phenoxy) is 3. The van der Waals surface area contributed by atoms with Gasteiger partial charge in [-0.25, -0.2) is 38.6 Å². The molecule has 0 bridgehead atoms. The summed E-state index contributed by atoms with van der Waals surface area (Å²) in [4.78, 5) is 57.6. The van der Waals surface area contributed by atoms with Crippen LogP contribution in [0.4, 0.5) is 24.7 Å². The van der Waals surface area contributed by atoms with E-state index in [2.05, 4.69) is 19.9 Å². The number of imidazole rings is 1. The number of nitrogens with one attached hydrogen (secondary N) is 1. The lowest BCUT2D eigenvalue weighted by Crippen LogP contribution is -2.51. The molecule has 14 heteroatoms. The molecule has 2 N–H and O–H groups in total. The maximum atomic E-state index is 16.4. The predicted molar refractivity (Wildman–Crippen MR) is 163 cm³/mol. The number of anilines is 1. The molecular formula is C31H41FN6O7. The zero-order chi connectivity index (χ0) is 33.5. The van der Waals surface area contributed by atoms with Crippen molar-refractivity contribution in [2.45, 2.75) is 98.1 Å². The van der Waals surface area contributed by atoms with E-state index in [1.54, 1.807) is 48.5 Å². The van der Waals surface area contributed by atoms with Crippen LogP contribution in [0.2, 0.25) is 0 Å². The molecule has 1 fully saturated rings. The highest BCUT2D eigenvalue weighted by Gasteiger charge is 2.39. The number of hydrogen-bond donors (Lipinski definition) is 2. The van der Waals surface area contributed by atoms with Gasteiger partial charge in [0.25, 0.3) is 0 Å². The van der Waals surface area contributed by atoms with Crippen LogP contribution in [0.3, 0.4) is 0 Å². The molecule has 13 nitrogen and oxygen atoms in total. The van der Waals surface area contributed by atoms with Crippen LogP contribution >= 0.6 is 0 Å². The van der Waals surface area contributed by atoms with Crippen molar-refractivity contribution in [3.05, 3.63) is 35.7 Å². The zero-order valence-corrected chi connectivity index (χ0v) is 27.1. The summed E-state index contributed by atoms with van der Waals surface area (Å²) in [5, 5.41) is 10.3. The van der Waals surface area contributed by atoms with E-state index in [0.717, 1.165) is 4.90 Å². The summed E-state index contributed by atoms with van der Waals surface area (Å²) < 4.78 is 33.2. The molecule has 0 unspecified atom stereocenters. The number of amides is 4. The van der Waals surface area contributed by atoms with Crippen LogP contribution < -0.4 is 4.90 Å². The maximum Gasteiger partial charge on any atom is 0.425 e. The first-order valence-corrected chi connectivity index (χ1v) is 14.8. The first-order chi connectivity index (χ1) is 20.8. The van der Waals surface area contributed by atoms with Gasteiger partial charge in [-0.3, -0.25) is 0 Å². The van der Waals surface area contributed by atoms with Crippen molar-refractivity contribution in [2.24, 2.45) is 0 Å². The van der Waals surface area contributed by atoms with Gasteiger partial charge in [0.05, 0.1) is 17.1 Å². The third kappa shape index (κ3) is 7.56. The molecule has 3 aromatic rings. The highest BCUT2D eigenvalue weighted by Crippen LogP contribution is 2.40. The quantitative estimate of drug-likeness (QED) is 0.326. The highest BCUT2D eigenvalue weighted by molar-refractivity contribution is 6.14. The summed E-state index contributed by atoms with van der Waals surface area (Å²) in [5.74, 6) is -0.769. The number of nitrogens with zero attached hydrogens (tertiary/aromatic N) is 5. The SMILES string of the molecule is CCN(C(=O)OC(C)(C)C)C(=O)N(C(=O)OC(C)(C)C)c1nc2c([C@H]3CCCO3)c(F)c(-c3cnc(C(C)(C)O)nc3)cc2[nH]1. The number of H-pyrrole nitrogens is 1. The average Bonchev–Trinajstić information content (AvgIpc) is 3.57. The van der Waals surface area contributed by atoms with Gasteiger partial charge < -0.3 is 24.3 Å². The van der Waals surface area contributed by atoms with E-state index in [1.807, 2.05) is 0 Å². The normalized spacial score (nSPS) is 15.7. The Morgan fingerprint density at radius 3 is 2.16 bits per heavy atom. The van der Waals surface area contributed by atoms with Crippen LogP contribution in [-0.2, 0) is 19.8 Å². The zero-order valence-electron chi connectivity index (χ0n) is 27.1. The van der Waals surface area contributed by atoms with Crippen molar-refractivity contribution in [3.63, 3.8) is 0 Å². The maximum absolute atomic E-state index is 16.4. The molecule has 1 aliphatic heterocycles. The first kappa shape index (κ1) is 33.7. The smallest absolute Gasteiger partial charge is 0.425 e. The Kier molecular flexibility index (Phi) is 9.23. The van der Waals surface area contributed by atoms with Crippen molar-refractivity contribution in [2.75, 3.05) is 18.1 Å². The van der Waals surface area contributed by atoms with E-state index < -0.39 is 46.9 Å². The molecule has 45 heavy (non-hydrogen) atoms. The van der Waals surface area contributed by atoms with E-state index in [4.69, 9.17) is 14.2 Å². The fraction of sp³-hybridized carbons (Fsp3) is 0.548. The Hall–Kier alpha value is -4.17. The van der Waals surface area contributed by atoms with Crippen molar-refractivity contribution in [3.8, 4) is 11.1 Å². The lowest BCUT2D eigenvalue weighted by atomic mass is 9.98. The molecule has 1 aromatic carbocycles. The van der Waals surface area contributed by atoms with Crippen LogP contribution in [0.25, 0.3) is 22.2 Å². The van der Waals surface area contributed by atoms with Gasteiger partial charge in [0.1, 0.15) is 22.6 Å². The van der Waals surface area contributed by atoms with Gasteiger partial charge in [-0.05, 0) is 81.2 Å². The third-order valence-corrected chi connectivity index (χ3v) is 6.64. The molecule has 1 aliphatic rings. The van der Waals surface area contributed by atoms with E-state index in [-0.39, 0.29) is 40.5 Å². The number of carbonyl (C=O) groups is 3. The van der Waals surface area contributed by atoms with Crippen LogP contribution in [-0.4, -0.2) is 72.5 Å². The monoisotopic (exact) mass is 628 g/mol. The first-order valence-electron chi connectivity index (χ1n) is 14.8. The number of fused-ring (bicyclic) bond motifs is 1. The van der Waals surface area contributed by atoms with Gasteiger partial charge in [-0.15, -0.1) is 0 Å². The largest absolute Gasteiger partial charge is 0.443 e. The molecule has 2 aromatic heterocycles. The van der Waals surface area contributed by atoms with Gasteiger partial charge in [-0.1, -0.05) is 0 Å². The van der Waals surface area contributed by atoms with E-state index in [0.29, 0.717) is 29.9 Å². The van der Waals surface area contributed by atoms with Crippen molar-refractivity contribution in [1.29, 1.82) is 0 Å². The number of aromatic amines is 1. The fourth-order valence-corrected chi connectivity index (χ4v) is 4.68. The number of rotatable bonds is 5. The van der Waals surface area contributed by atoms with E-state index >= 15 is 4.39 Å². The summed E-state index contributed by atoms with van der Waals surface area (Å²) in [5.41, 5.74) is -2.25. The Balaban J connectivity index is 1.89. The van der Waals surface area contributed by atoms with Gasteiger partial charge in [-0.2, -0.15) is 4.90 Å². The van der Waals surface area contributed by atoms with E-state index in [1.165, 1.54) is 32.3 Å². The van der Waals surface area contributed by atoms with Crippen LogP contribution in [0.1, 0.15) is 92.6 Å². The molecule has 1 saturated heterocycles. The highest BCUT2D eigenvalue weighted by atomic mass is 19.1. The van der Waals surface area contributed by atoms with E-state index in [9.17, 15) is 19.5 Å². The van der Waals surface area contributed by atoms with Crippen LogP contribution in [0.15, 0.2) is 18.5 Å². The fourth-order valence-electron chi connectivity index (χ4n) is 4.68. The second kappa shape index (κ2) is 12.3. The van der Waals surface area contributed by atoms with Crippen molar-refractivity contribution >= 4 is 35.2 Å². The van der Waals surface area contributed by atoms with Gasteiger partial charge >= 0.3 is 18.2 Å². The number of urea groups is 1.